The maximum Gasteiger partial charge on any atom is 0.183 e. The van der Waals surface area contributed by atoms with Crippen molar-refractivity contribution in [2.45, 2.75) is 64.6 Å². The average molecular weight is 455 g/mol. The minimum absolute atomic E-state index is 0.0982. The molecule has 4 rings (SSSR count). The van der Waals surface area contributed by atoms with Gasteiger partial charge in [0.25, 0.3) is 0 Å². The van der Waals surface area contributed by atoms with Gasteiger partial charge < -0.3 is 9.47 Å². The van der Waals surface area contributed by atoms with Crippen LogP contribution in [0.3, 0.4) is 0 Å². The molecule has 33 heavy (non-hydrogen) atoms. The van der Waals surface area contributed by atoms with Gasteiger partial charge in [-0.3, -0.25) is 0 Å². The largest absolute Gasteiger partial charge is 0.348 e. The minimum Gasteiger partial charge on any atom is -0.348 e. The Morgan fingerprint density at radius 3 is 2.09 bits per heavy atom. The van der Waals surface area contributed by atoms with Crippen LogP contribution in [0.2, 0.25) is 0 Å². The van der Waals surface area contributed by atoms with E-state index in [-0.39, 0.29) is 11.9 Å². The van der Waals surface area contributed by atoms with E-state index in [0.717, 1.165) is 30.3 Å². The average Bonchev–Trinajstić information content (AvgIpc) is 2.85. The molecule has 0 atom stereocenters. The van der Waals surface area contributed by atoms with E-state index in [1.54, 1.807) is 0 Å². The number of benzene rings is 2. The number of ether oxygens (including phenoxy) is 2. The van der Waals surface area contributed by atoms with E-state index in [2.05, 4.69) is 13.5 Å². The van der Waals surface area contributed by atoms with Gasteiger partial charge in [-0.15, -0.1) is 0 Å². The van der Waals surface area contributed by atoms with Gasteiger partial charge >= 0.3 is 0 Å². The van der Waals surface area contributed by atoms with Crippen LogP contribution in [0.1, 0.15) is 75.7 Å². The molecule has 2 fully saturated rings. The Hall–Kier alpha value is -2.04. The molecule has 0 unspecified atom stereocenters. The van der Waals surface area contributed by atoms with E-state index >= 15 is 0 Å². The predicted octanol–water partition coefficient (Wildman–Crippen LogP) is 8.32. The van der Waals surface area contributed by atoms with Gasteiger partial charge in [0.15, 0.2) is 6.29 Å². The molecule has 2 nitrogen and oxygen atoms in total. The van der Waals surface area contributed by atoms with E-state index in [1.807, 2.05) is 24.3 Å². The summed E-state index contributed by atoms with van der Waals surface area (Å²) >= 11 is 0. The van der Waals surface area contributed by atoms with Gasteiger partial charge in [-0.25, -0.2) is 8.78 Å². The normalized spacial score (nSPS) is 25.7. The first-order valence-electron chi connectivity index (χ1n) is 12.5. The Morgan fingerprint density at radius 2 is 1.52 bits per heavy atom. The van der Waals surface area contributed by atoms with Crippen LogP contribution in [0.15, 0.2) is 43.0 Å². The highest BCUT2D eigenvalue weighted by Gasteiger charge is 2.32. The van der Waals surface area contributed by atoms with Crippen molar-refractivity contribution in [3.63, 3.8) is 0 Å². The van der Waals surface area contributed by atoms with Gasteiger partial charge in [0.2, 0.25) is 0 Å². The van der Waals surface area contributed by atoms with E-state index in [9.17, 15) is 8.78 Å². The molecule has 1 saturated carbocycles. The lowest BCUT2D eigenvalue weighted by Crippen LogP contribution is -2.34. The fourth-order valence-corrected chi connectivity index (χ4v) is 5.39. The first-order chi connectivity index (χ1) is 16.1. The van der Waals surface area contributed by atoms with Crippen LogP contribution >= 0.6 is 0 Å². The van der Waals surface area contributed by atoms with Crippen LogP contribution < -0.4 is 0 Å². The lowest BCUT2D eigenvalue weighted by Gasteiger charge is -2.38. The van der Waals surface area contributed by atoms with Crippen LogP contribution in [0.5, 0.6) is 0 Å². The summed E-state index contributed by atoms with van der Waals surface area (Å²) in [7, 11) is 0. The molecule has 0 bridgehead atoms. The maximum atomic E-state index is 14.1. The summed E-state index contributed by atoms with van der Waals surface area (Å²) in [4.78, 5) is 0. The predicted molar refractivity (Wildman–Crippen MR) is 130 cm³/mol. The first-order valence-corrected chi connectivity index (χ1v) is 12.5. The smallest absolute Gasteiger partial charge is 0.183 e. The molecule has 4 heteroatoms. The number of halogens is 2. The molecule has 2 aromatic carbocycles. The number of hydrogen-bond donors (Lipinski definition) is 0. The Balaban J connectivity index is 1.29. The molecule has 1 aliphatic heterocycles. The van der Waals surface area contributed by atoms with E-state index in [4.69, 9.17) is 9.47 Å². The third-order valence-corrected chi connectivity index (χ3v) is 7.50. The number of hydrogen-bond acceptors (Lipinski definition) is 2. The summed E-state index contributed by atoms with van der Waals surface area (Å²) < 4.78 is 40.4. The van der Waals surface area contributed by atoms with E-state index in [0.29, 0.717) is 17.4 Å². The molecule has 0 aromatic heterocycles. The molecular weight excluding hydrogens is 418 g/mol. The van der Waals surface area contributed by atoms with Gasteiger partial charge in [-0.2, -0.15) is 0 Å². The molecule has 0 N–H and O–H groups in total. The molecule has 0 amide bonds. The summed E-state index contributed by atoms with van der Waals surface area (Å²) in [5.41, 5.74) is 2.08. The van der Waals surface area contributed by atoms with E-state index < -0.39 is 11.6 Å². The lowest BCUT2D eigenvalue weighted by molar-refractivity contribution is -0.214. The first kappa shape index (κ1) is 24.1. The number of unbranched alkanes of at least 4 members (excludes halogenated alkanes) is 2. The fraction of sp³-hybridized carbons (Fsp3) is 0.517. The quantitative estimate of drug-likeness (QED) is 0.373. The van der Waals surface area contributed by atoms with Crippen molar-refractivity contribution in [3.8, 4) is 11.1 Å². The highest BCUT2D eigenvalue weighted by Crippen LogP contribution is 2.39. The molecule has 1 heterocycles. The monoisotopic (exact) mass is 454 g/mol. The zero-order valence-corrected chi connectivity index (χ0v) is 19.7. The topological polar surface area (TPSA) is 18.5 Å². The van der Waals surface area contributed by atoms with Gasteiger partial charge in [0, 0.05) is 17.0 Å². The van der Waals surface area contributed by atoms with Crippen molar-refractivity contribution in [1.82, 2.24) is 0 Å². The maximum absolute atomic E-state index is 14.1. The second kappa shape index (κ2) is 11.4. The Labute approximate surface area is 197 Å². The zero-order valence-electron chi connectivity index (χ0n) is 19.7. The minimum atomic E-state index is -0.607. The van der Waals surface area contributed by atoms with Gasteiger partial charge in [-0.05, 0) is 47.9 Å². The summed E-state index contributed by atoms with van der Waals surface area (Å²) in [6, 6.07) is 10.2. The van der Waals surface area contributed by atoms with Gasteiger partial charge in [0.1, 0.15) is 11.6 Å². The molecule has 2 aliphatic rings. The molecule has 1 aliphatic carbocycles. The molecule has 178 valence electrons. The van der Waals surface area contributed by atoms with Crippen LogP contribution in [-0.4, -0.2) is 13.2 Å². The standard InChI is InChI=1S/C29H36F2O2/c1-3-5-6-7-20-8-10-22(11-9-20)25-18-32-29(33-19-25)23-14-12-21(13-15-23)24-16-27(30)26(4-2)28(31)17-24/h4,12-17,20,22,25,29H,2-3,5-11,18-19H2,1H3. The molecule has 1 saturated heterocycles. The molecule has 0 radical (unpaired) electrons. The van der Waals surface area contributed by atoms with Crippen molar-refractivity contribution < 1.29 is 18.3 Å². The SMILES string of the molecule is C=Cc1c(F)cc(-c2ccc(C3OCC(C4CCC(CCCCC)CC4)CO3)cc2)cc1F. The van der Waals surface area contributed by atoms with Crippen molar-refractivity contribution in [1.29, 1.82) is 0 Å². The van der Waals surface area contributed by atoms with Crippen LogP contribution in [0.25, 0.3) is 17.2 Å². The summed E-state index contributed by atoms with van der Waals surface area (Å²) in [5.74, 6) is 0.887. The molecule has 0 spiro atoms. The summed E-state index contributed by atoms with van der Waals surface area (Å²) in [6.07, 6.45) is 11.6. The highest BCUT2D eigenvalue weighted by molar-refractivity contribution is 5.66. The Morgan fingerprint density at radius 1 is 0.879 bits per heavy atom. The van der Waals surface area contributed by atoms with Crippen molar-refractivity contribution >= 4 is 6.08 Å². The lowest BCUT2D eigenvalue weighted by atomic mass is 9.74. The van der Waals surface area contributed by atoms with Gasteiger partial charge in [0.05, 0.1) is 13.2 Å². The third-order valence-electron chi connectivity index (χ3n) is 7.50. The van der Waals surface area contributed by atoms with E-state index in [1.165, 1.54) is 69.6 Å². The van der Waals surface area contributed by atoms with Gasteiger partial charge in [-0.1, -0.05) is 82.4 Å². The number of rotatable bonds is 8. The highest BCUT2D eigenvalue weighted by atomic mass is 19.1. The Kier molecular flexibility index (Phi) is 8.32. The van der Waals surface area contributed by atoms with Crippen LogP contribution in [-0.2, 0) is 9.47 Å². The zero-order chi connectivity index (χ0) is 23.2. The van der Waals surface area contributed by atoms with Crippen molar-refractivity contribution in [2.24, 2.45) is 17.8 Å². The molecule has 2 aromatic rings. The van der Waals surface area contributed by atoms with Crippen LogP contribution in [0.4, 0.5) is 8.78 Å². The third kappa shape index (κ3) is 5.91. The molecular formula is C29H36F2O2. The van der Waals surface area contributed by atoms with Crippen LogP contribution in [0, 0.1) is 29.4 Å². The fourth-order valence-electron chi connectivity index (χ4n) is 5.39. The van der Waals surface area contributed by atoms with Crippen molar-refractivity contribution in [3.05, 3.63) is 65.7 Å². The second-order valence-electron chi connectivity index (χ2n) is 9.71. The summed E-state index contributed by atoms with van der Waals surface area (Å²) in [5, 5.41) is 0. The Bertz CT molecular complexity index is 885. The summed E-state index contributed by atoms with van der Waals surface area (Å²) in [6.45, 7) is 7.20. The second-order valence-corrected chi connectivity index (χ2v) is 9.71. The van der Waals surface area contributed by atoms with Crippen molar-refractivity contribution in [2.75, 3.05) is 13.2 Å².